The molecule has 0 aromatic heterocycles. The van der Waals surface area contributed by atoms with E-state index in [1.54, 1.807) is 6.08 Å². The lowest BCUT2D eigenvalue weighted by Crippen LogP contribution is -3.00. The molecule has 0 fully saturated rings. The maximum absolute atomic E-state index is 10.2. The molecule has 0 spiro atoms. The second-order valence-corrected chi connectivity index (χ2v) is 1.41. The van der Waals surface area contributed by atoms with Gasteiger partial charge in [-0.2, -0.15) is 0 Å². The maximum Gasteiger partial charge on any atom is 0.155 e. The van der Waals surface area contributed by atoms with E-state index in [0.717, 1.165) is 12.8 Å². The SMILES string of the molecule is O=C1C=CCC1.[I-]. The van der Waals surface area contributed by atoms with Crippen LogP contribution in [-0.4, -0.2) is 5.78 Å². The fourth-order valence-corrected chi connectivity index (χ4v) is 0.524. The molecule has 0 aliphatic heterocycles. The Hall–Kier alpha value is 0.140. The highest BCUT2D eigenvalue weighted by atomic mass is 127. The molecule has 7 heavy (non-hydrogen) atoms. The minimum Gasteiger partial charge on any atom is -1.00 e. The van der Waals surface area contributed by atoms with Crippen LogP contribution in [0.15, 0.2) is 12.2 Å². The molecule has 1 rings (SSSR count). The van der Waals surface area contributed by atoms with Gasteiger partial charge in [0, 0.05) is 6.42 Å². The van der Waals surface area contributed by atoms with Gasteiger partial charge in [-0.25, -0.2) is 0 Å². The minimum absolute atomic E-state index is 0. The third-order valence-corrected chi connectivity index (χ3v) is 0.861. The Morgan fingerprint density at radius 3 is 2.43 bits per heavy atom. The predicted octanol–water partition coefficient (Wildman–Crippen LogP) is -2.09. The van der Waals surface area contributed by atoms with E-state index in [1.165, 1.54) is 0 Å². The number of allylic oxidation sites excluding steroid dienone is 2. The molecule has 0 bridgehead atoms. The molecule has 0 unspecified atom stereocenters. The molecule has 0 heterocycles. The molecule has 1 aliphatic rings. The smallest absolute Gasteiger partial charge is 0.155 e. The molecule has 1 nitrogen and oxygen atoms in total. The highest BCUT2D eigenvalue weighted by Crippen LogP contribution is 2.01. The Morgan fingerprint density at radius 1 is 1.57 bits per heavy atom. The van der Waals surface area contributed by atoms with Gasteiger partial charge in [0.2, 0.25) is 0 Å². The number of ketones is 1. The molecule has 0 saturated carbocycles. The van der Waals surface area contributed by atoms with Crippen LogP contribution in [0.3, 0.4) is 0 Å². The van der Waals surface area contributed by atoms with Crippen LogP contribution in [0.2, 0.25) is 0 Å². The van der Waals surface area contributed by atoms with Crippen LogP contribution in [0, 0.1) is 0 Å². The molecule has 0 atom stereocenters. The summed E-state index contributed by atoms with van der Waals surface area (Å²) < 4.78 is 0. The molecule has 40 valence electrons. The zero-order chi connectivity index (χ0) is 4.41. The third-order valence-electron chi connectivity index (χ3n) is 0.861. The summed E-state index contributed by atoms with van der Waals surface area (Å²) in [4.78, 5) is 10.2. The van der Waals surface area contributed by atoms with E-state index in [9.17, 15) is 4.79 Å². The first-order valence-corrected chi connectivity index (χ1v) is 2.09. The van der Waals surface area contributed by atoms with Crippen LogP contribution < -0.4 is 24.0 Å². The second kappa shape index (κ2) is 3.18. The summed E-state index contributed by atoms with van der Waals surface area (Å²) in [6, 6.07) is 0. The van der Waals surface area contributed by atoms with E-state index in [0.29, 0.717) is 0 Å². The number of rotatable bonds is 0. The fraction of sp³-hybridized carbons (Fsp3) is 0.400. The molecule has 0 radical (unpaired) electrons. The normalized spacial score (nSPS) is 16.9. The number of hydrogen-bond acceptors (Lipinski definition) is 1. The number of hydrogen-bond donors (Lipinski definition) is 0. The number of halogens is 1. The first-order valence-electron chi connectivity index (χ1n) is 2.09. The van der Waals surface area contributed by atoms with Crippen molar-refractivity contribution >= 4 is 5.78 Å². The molecule has 0 aromatic carbocycles. The number of carbonyl (C=O) groups is 1. The van der Waals surface area contributed by atoms with Crippen molar-refractivity contribution < 1.29 is 28.8 Å². The predicted molar refractivity (Wildman–Crippen MR) is 23.4 cm³/mol. The van der Waals surface area contributed by atoms with Gasteiger partial charge in [0.15, 0.2) is 5.78 Å². The van der Waals surface area contributed by atoms with Gasteiger partial charge in [0.1, 0.15) is 0 Å². The molecule has 0 aromatic rings. The van der Waals surface area contributed by atoms with Gasteiger partial charge in [-0.15, -0.1) is 0 Å². The van der Waals surface area contributed by atoms with Crippen molar-refractivity contribution in [2.45, 2.75) is 12.8 Å². The van der Waals surface area contributed by atoms with E-state index in [1.807, 2.05) is 6.08 Å². The standard InChI is InChI=1S/C5H6O.HI/c6-5-3-1-2-4-5;/h1,3H,2,4H2;1H/p-1. The highest BCUT2D eigenvalue weighted by molar-refractivity contribution is 5.91. The average Bonchev–Trinajstić information content (AvgIpc) is 1.86. The van der Waals surface area contributed by atoms with Crippen molar-refractivity contribution in [3.05, 3.63) is 12.2 Å². The van der Waals surface area contributed by atoms with E-state index in [4.69, 9.17) is 0 Å². The summed E-state index contributed by atoms with van der Waals surface area (Å²) in [5.41, 5.74) is 0. The van der Waals surface area contributed by atoms with Crippen LogP contribution in [0.25, 0.3) is 0 Å². The highest BCUT2D eigenvalue weighted by Gasteiger charge is 1.98. The summed E-state index contributed by atoms with van der Waals surface area (Å²) in [5.74, 6) is 0.273. The van der Waals surface area contributed by atoms with Gasteiger partial charge in [-0.3, -0.25) is 4.79 Å². The monoisotopic (exact) mass is 209 g/mol. The number of carbonyl (C=O) groups excluding carboxylic acids is 1. The average molecular weight is 209 g/mol. The van der Waals surface area contributed by atoms with E-state index in [2.05, 4.69) is 0 Å². The van der Waals surface area contributed by atoms with Gasteiger partial charge in [0.25, 0.3) is 0 Å². The lowest BCUT2D eigenvalue weighted by Gasteiger charge is -1.71. The van der Waals surface area contributed by atoms with Crippen molar-refractivity contribution in [1.29, 1.82) is 0 Å². The first kappa shape index (κ1) is 7.14. The first-order chi connectivity index (χ1) is 2.89. The van der Waals surface area contributed by atoms with Gasteiger partial charge in [-0.05, 0) is 12.5 Å². The van der Waals surface area contributed by atoms with Crippen molar-refractivity contribution in [3.63, 3.8) is 0 Å². The topological polar surface area (TPSA) is 17.1 Å². The van der Waals surface area contributed by atoms with Crippen molar-refractivity contribution in [2.24, 2.45) is 0 Å². The van der Waals surface area contributed by atoms with Gasteiger partial charge in [0.05, 0.1) is 0 Å². The van der Waals surface area contributed by atoms with Crippen LogP contribution in [0.4, 0.5) is 0 Å². The van der Waals surface area contributed by atoms with Crippen LogP contribution >= 0.6 is 0 Å². The second-order valence-electron chi connectivity index (χ2n) is 1.41. The van der Waals surface area contributed by atoms with Crippen molar-refractivity contribution in [3.8, 4) is 0 Å². The Morgan fingerprint density at radius 2 is 2.29 bits per heavy atom. The largest absolute Gasteiger partial charge is 1.00 e. The fourth-order valence-electron chi connectivity index (χ4n) is 0.524. The Kier molecular flexibility index (Phi) is 3.25. The van der Waals surface area contributed by atoms with Crippen molar-refractivity contribution in [1.82, 2.24) is 0 Å². The lowest BCUT2D eigenvalue weighted by molar-refractivity contribution is -0.114. The van der Waals surface area contributed by atoms with Crippen LogP contribution in [-0.2, 0) is 4.79 Å². The molecule has 0 amide bonds. The summed E-state index contributed by atoms with van der Waals surface area (Å²) in [6.45, 7) is 0. The summed E-state index contributed by atoms with van der Waals surface area (Å²) in [5, 5.41) is 0. The van der Waals surface area contributed by atoms with E-state index >= 15 is 0 Å². The maximum atomic E-state index is 10.2. The zero-order valence-corrected chi connectivity index (χ0v) is 6.01. The summed E-state index contributed by atoms with van der Waals surface area (Å²) >= 11 is 0. The van der Waals surface area contributed by atoms with Crippen LogP contribution in [0.5, 0.6) is 0 Å². The van der Waals surface area contributed by atoms with Gasteiger partial charge in [-0.1, -0.05) is 6.08 Å². The summed E-state index contributed by atoms with van der Waals surface area (Å²) in [6.07, 6.45) is 5.24. The van der Waals surface area contributed by atoms with Crippen molar-refractivity contribution in [2.75, 3.05) is 0 Å². The Balaban J connectivity index is 0.000000360. The lowest BCUT2D eigenvalue weighted by atomic mass is 10.3. The van der Waals surface area contributed by atoms with Gasteiger partial charge >= 0.3 is 0 Å². The Bertz CT molecular complexity index is 96.3. The molecule has 2 heteroatoms. The third kappa shape index (κ3) is 2.06. The quantitative estimate of drug-likeness (QED) is 0.418. The zero-order valence-electron chi connectivity index (χ0n) is 3.86. The minimum atomic E-state index is 0. The molecule has 0 saturated heterocycles. The van der Waals surface area contributed by atoms with Gasteiger partial charge < -0.3 is 24.0 Å². The van der Waals surface area contributed by atoms with Crippen LogP contribution in [0.1, 0.15) is 12.8 Å². The molecular weight excluding hydrogens is 203 g/mol. The van der Waals surface area contributed by atoms with E-state index in [-0.39, 0.29) is 29.8 Å². The summed E-state index contributed by atoms with van der Waals surface area (Å²) in [7, 11) is 0. The van der Waals surface area contributed by atoms with E-state index < -0.39 is 0 Å². The Labute approximate surface area is 59.8 Å². The molecular formula is C5H6IO-. The molecule has 0 N–H and O–H groups in total. The molecule has 1 aliphatic carbocycles.